The van der Waals surface area contributed by atoms with Crippen LogP contribution in [0, 0.1) is 0 Å². The molecule has 0 amide bonds. The molecule has 0 heterocycles. The quantitative estimate of drug-likeness (QED) is 0.626. The number of alkyl halides is 4. The average Bonchev–Trinajstić information content (AvgIpc) is 2.37. The van der Waals surface area contributed by atoms with E-state index >= 15 is 0 Å². The van der Waals surface area contributed by atoms with Crippen molar-refractivity contribution < 1.29 is 23.0 Å². The summed E-state index contributed by atoms with van der Waals surface area (Å²) in [5.74, 6) is 0.524. The largest absolute Gasteiger partial charge is 0.494 e. The van der Waals surface area contributed by atoms with Gasteiger partial charge in [0.25, 0.3) is 0 Å². The van der Waals surface area contributed by atoms with Crippen molar-refractivity contribution in [3.63, 3.8) is 0 Å². The maximum atomic E-state index is 12.5. The Labute approximate surface area is 118 Å². The van der Waals surface area contributed by atoms with Gasteiger partial charge < -0.3 is 9.84 Å². The molecule has 0 aliphatic rings. The molecule has 1 atom stereocenters. The maximum absolute atomic E-state index is 12.5. The predicted molar refractivity (Wildman–Crippen MR) is 70.7 cm³/mol. The van der Waals surface area contributed by atoms with Gasteiger partial charge >= 0.3 is 6.18 Å². The lowest BCUT2D eigenvalue weighted by Crippen LogP contribution is -2.21. The van der Waals surface area contributed by atoms with E-state index in [0.717, 1.165) is 11.8 Å². The number of benzene rings is 1. The lowest BCUT2D eigenvalue weighted by Gasteiger charge is -2.18. The standard InChI is InChI=1S/C13H16BrF3O2/c1-2-9-8-10(19-7-3-6-14)4-5-11(9)12(18)13(15,16)17/h4-5,8,12,18H,2-3,6-7H2,1H3. The molecular weight excluding hydrogens is 325 g/mol. The van der Waals surface area contributed by atoms with Gasteiger partial charge in [0.05, 0.1) is 6.61 Å². The number of halogens is 4. The van der Waals surface area contributed by atoms with Crippen LogP contribution in [0.2, 0.25) is 0 Å². The molecule has 0 saturated carbocycles. The normalized spacial score (nSPS) is 13.4. The Morgan fingerprint density at radius 1 is 1.37 bits per heavy atom. The van der Waals surface area contributed by atoms with E-state index in [1.54, 1.807) is 13.0 Å². The van der Waals surface area contributed by atoms with E-state index in [0.29, 0.717) is 24.3 Å². The predicted octanol–water partition coefficient (Wildman–Crippen LogP) is 4.01. The highest BCUT2D eigenvalue weighted by molar-refractivity contribution is 9.09. The molecule has 0 bridgehead atoms. The number of hydrogen-bond donors (Lipinski definition) is 1. The summed E-state index contributed by atoms with van der Waals surface area (Å²) in [6, 6.07) is 4.29. The molecule has 6 heteroatoms. The van der Waals surface area contributed by atoms with Crippen LogP contribution in [0.4, 0.5) is 13.2 Å². The van der Waals surface area contributed by atoms with Gasteiger partial charge in [-0.1, -0.05) is 28.9 Å². The summed E-state index contributed by atoms with van der Waals surface area (Å²) < 4.78 is 43.0. The molecule has 0 radical (unpaired) electrons. The molecule has 1 unspecified atom stereocenters. The zero-order valence-electron chi connectivity index (χ0n) is 10.5. The highest BCUT2D eigenvalue weighted by atomic mass is 79.9. The monoisotopic (exact) mass is 340 g/mol. The number of aliphatic hydroxyl groups is 1. The van der Waals surface area contributed by atoms with Gasteiger partial charge in [-0.15, -0.1) is 0 Å². The molecule has 1 rings (SSSR count). The first-order chi connectivity index (χ1) is 8.90. The number of rotatable bonds is 6. The Bertz CT molecular complexity index is 407. The van der Waals surface area contributed by atoms with Crippen molar-refractivity contribution in [1.82, 2.24) is 0 Å². The van der Waals surface area contributed by atoms with Gasteiger partial charge in [-0.3, -0.25) is 0 Å². The first-order valence-corrected chi connectivity index (χ1v) is 7.08. The third-order valence-corrected chi connectivity index (χ3v) is 3.21. The molecule has 1 aromatic rings. The number of aryl methyl sites for hydroxylation is 1. The fourth-order valence-electron chi connectivity index (χ4n) is 1.67. The Kier molecular flexibility index (Phi) is 6.13. The molecule has 1 N–H and O–H groups in total. The first-order valence-electron chi connectivity index (χ1n) is 5.96. The van der Waals surface area contributed by atoms with Gasteiger partial charge in [-0.05, 0) is 36.1 Å². The second-order valence-corrected chi connectivity index (χ2v) is 4.84. The fraction of sp³-hybridized carbons (Fsp3) is 0.538. The van der Waals surface area contributed by atoms with Crippen LogP contribution < -0.4 is 4.74 Å². The summed E-state index contributed by atoms with van der Waals surface area (Å²) in [6.45, 7) is 2.24. The third-order valence-electron chi connectivity index (χ3n) is 2.65. The summed E-state index contributed by atoms with van der Waals surface area (Å²) in [4.78, 5) is 0. The van der Waals surface area contributed by atoms with Gasteiger partial charge in [0.15, 0.2) is 6.10 Å². The van der Waals surface area contributed by atoms with Gasteiger partial charge in [-0.2, -0.15) is 13.2 Å². The van der Waals surface area contributed by atoms with E-state index in [1.165, 1.54) is 12.1 Å². The molecule has 0 aromatic heterocycles. The van der Waals surface area contributed by atoms with Crippen molar-refractivity contribution in [2.24, 2.45) is 0 Å². The number of ether oxygens (including phenoxy) is 1. The lowest BCUT2D eigenvalue weighted by atomic mass is 10.00. The zero-order valence-corrected chi connectivity index (χ0v) is 12.1. The minimum Gasteiger partial charge on any atom is -0.494 e. The molecule has 2 nitrogen and oxygen atoms in total. The summed E-state index contributed by atoms with van der Waals surface area (Å²) in [5, 5.41) is 10.1. The van der Waals surface area contributed by atoms with Crippen LogP contribution >= 0.6 is 15.9 Å². The van der Waals surface area contributed by atoms with E-state index < -0.39 is 12.3 Å². The summed E-state index contributed by atoms with van der Waals surface area (Å²) in [6.07, 6.45) is -5.88. The van der Waals surface area contributed by atoms with Crippen LogP contribution in [0.1, 0.15) is 30.6 Å². The van der Waals surface area contributed by atoms with Crippen molar-refractivity contribution in [2.45, 2.75) is 32.0 Å². The van der Waals surface area contributed by atoms with Gasteiger partial charge in [-0.25, -0.2) is 0 Å². The summed E-state index contributed by atoms with van der Waals surface area (Å²) >= 11 is 3.27. The molecule has 0 aliphatic carbocycles. The molecule has 0 fully saturated rings. The van der Waals surface area contributed by atoms with Crippen molar-refractivity contribution in [2.75, 3.05) is 11.9 Å². The highest BCUT2D eigenvalue weighted by Gasteiger charge is 2.40. The zero-order chi connectivity index (χ0) is 14.5. The molecule has 108 valence electrons. The molecule has 19 heavy (non-hydrogen) atoms. The highest BCUT2D eigenvalue weighted by Crippen LogP contribution is 2.35. The first kappa shape index (κ1) is 16.3. The van der Waals surface area contributed by atoms with E-state index in [-0.39, 0.29) is 5.56 Å². The molecule has 1 aromatic carbocycles. The Balaban J connectivity index is 2.90. The van der Waals surface area contributed by atoms with Gasteiger partial charge in [0.1, 0.15) is 5.75 Å². The van der Waals surface area contributed by atoms with Crippen LogP contribution in [-0.4, -0.2) is 23.2 Å². The molecule has 0 spiro atoms. The Morgan fingerprint density at radius 2 is 2.05 bits per heavy atom. The smallest absolute Gasteiger partial charge is 0.418 e. The number of aliphatic hydroxyl groups excluding tert-OH is 1. The fourth-order valence-corrected chi connectivity index (χ4v) is 1.89. The SMILES string of the molecule is CCc1cc(OCCCBr)ccc1C(O)C(F)(F)F. The molecule has 0 saturated heterocycles. The molecule has 0 aliphatic heterocycles. The average molecular weight is 341 g/mol. The van der Waals surface area contributed by atoms with E-state index in [9.17, 15) is 18.3 Å². The Hall–Kier alpha value is -0.750. The second-order valence-electron chi connectivity index (χ2n) is 4.05. The van der Waals surface area contributed by atoms with Gasteiger partial charge in [0.2, 0.25) is 0 Å². The van der Waals surface area contributed by atoms with Gasteiger partial charge in [0, 0.05) is 5.33 Å². The van der Waals surface area contributed by atoms with E-state index in [2.05, 4.69) is 15.9 Å². The number of hydrogen-bond acceptors (Lipinski definition) is 2. The third kappa shape index (κ3) is 4.69. The van der Waals surface area contributed by atoms with Crippen molar-refractivity contribution in [3.8, 4) is 5.75 Å². The van der Waals surface area contributed by atoms with Crippen LogP contribution in [0.5, 0.6) is 5.75 Å². The van der Waals surface area contributed by atoms with Crippen molar-refractivity contribution in [1.29, 1.82) is 0 Å². The van der Waals surface area contributed by atoms with E-state index in [1.807, 2.05) is 0 Å². The van der Waals surface area contributed by atoms with Crippen LogP contribution in [0.15, 0.2) is 18.2 Å². The lowest BCUT2D eigenvalue weighted by molar-refractivity contribution is -0.207. The van der Waals surface area contributed by atoms with Crippen molar-refractivity contribution in [3.05, 3.63) is 29.3 Å². The van der Waals surface area contributed by atoms with Crippen LogP contribution in [-0.2, 0) is 6.42 Å². The van der Waals surface area contributed by atoms with Crippen molar-refractivity contribution >= 4 is 15.9 Å². The summed E-state index contributed by atoms with van der Waals surface area (Å²) in [7, 11) is 0. The van der Waals surface area contributed by atoms with E-state index in [4.69, 9.17) is 4.74 Å². The van der Waals surface area contributed by atoms with Crippen LogP contribution in [0.3, 0.4) is 0 Å². The Morgan fingerprint density at radius 3 is 2.58 bits per heavy atom. The minimum absolute atomic E-state index is 0.108. The topological polar surface area (TPSA) is 29.5 Å². The maximum Gasteiger partial charge on any atom is 0.418 e. The van der Waals surface area contributed by atoms with Crippen LogP contribution in [0.25, 0.3) is 0 Å². The minimum atomic E-state index is -4.65. The second kappa shape index (κ2) is 7.14. The summed E-state index contributed by atoms with van der Waals surface area (Å²) in [5.41, 5.74) is 0.337. The molecular formula is C13H16BrF3O2.